The Morgan fingerprint density at radius 1 is 1.04 bits per heavy atom. The summed E-state index contributed by atoms with van der Waals surface area (Å²) in [6.45, 7) is 4.10. The van der Waals surface area contributed by atoms with E-state index in [0.717, 1.165) is 12.8 Å². The largest absolute Gasteiger partial charge is 0.479 e. The first-order chi connectivity index (χ1) is 11.8. The third-order valence-electron chi connectivity index (χ3n) is 3.66. The Bertz CT molecular complexity index is 450. The molecule has 1 fully saturated rings. The Kier molecular flexibility index (Phi) is 9.47. The number of aliphatic hydroxyl groups excluding tert-OH is 3. The first-order valence-corrected chi connectivity index (χ1v) is 9.89. The predicted octanol–water partition coefficient (Wildman–Crippen LogP) is 0.210. The number of aliphatic hydroxyl groups is 3. The summed E-state index contributed by atoms with van der Waals surface area (Å²) in [5.41, 5.74) is 0. The van der Waals surface area contributed by atoms with Gasteiger partial charge in [-0.15, -0.1) is 0 Å². The molecule has 148 valence electrons. The van der Waals surface area contributed by atoms with Gasteiger partial charge in [0.1, 0.15) is 24.5 Å². The van der Waals surface area contributed by atoms with Crippen LogP contribution in [0.3, 0.4) is 0 Å². The van der Waals surface area contributed by atoms with Crippen molar-refractivity contribution in [2.24, 2.45) is 0 Å². The number of carboxylic acid groups (broad SMARTS) is 1. The van der Waals surface area contributed by atoms with Gasteiger partial charge in [-0.2, -0.15) is 5.09 Å². The van der Waals surface area contributed by atoms with Crippen LogP contribution in [-0.2, 0) is 23.1 Å². The summed E-state index contributed by atoms with van der Waals surface area (Å²) in [6.07, 6.45) is -5.86. The van der Waals surface area contributed by atoms with Gasteiger partial charge in [-0.3, -0.25) is 9.05 Å². The summed E-state index contributed by atoms with van der Waals surface area (Å²) in [4.78, 5) is 11.1. The third kappa shape index (κ3) is 6.58. The fourth-order valence-corrected chi connectivity index (χ4v) is 3.60. The van der Waals surface area contributed by atoms with Gasteiger partial charge in [0, 0.05) is 0 Å². The molecular weight excluding hydrogens is 357 g/mol. The van der Waals surface area contributed by atoms with Crippen LogP contribution >= 0.6 is 7.75 Å². The predicted molar refractivity (Wildman–Crippen MR) is 86.8 cm³/mol. The average molecular weight is 385 g/mol. The second kappa shape index (κ2) is 10.5. The molecule has 0 aromatic heterocycles. The van der Waals surface area contributed by atoms with Crippen LogP contribution in [0.25, 0.3) is 0 Å². The number of rotatable bonds is 11. The van der Waals surface area contributed by atoms with E-state index in [9.17, 15) is 24.7 Å². The highest BCUT2D eigenvalue weighted by molar-refractivity contribution is 7.51. The molecule has 0 aromatic carbocycles. The Balaban J connectivity index is 2.84. The third-order valence-corrected chi connectivity index (χ3v) is 5.28. The van der Waals surface area contributed by atoms with Crippen molar-refractivity contribution in [3.63, 3.8) is 0 Å². The molecule has 0 saturated carbocycles. The summed E-state index contributed by atoms with van der Waals surface area (Å²) in [7, 11) is -3.91. The SMILES string of the molecule is CCCCOP(=O)(N[C@@H]1O[C@H](C(=O)O)[C@@H](O)[C@H](O)[C@H]1O)OCCCC. The standard InChI is InChI=1S/C14H28NO9P/c1-3-5-7-22-25(21,23-8-6-4-2)15-13-11(18)9(16)10(17)12(24-13)14(19)20/h9-13,16-18H,3-8H2,1-2H3,(H,15,21)(H,19,20)/t9-,10-,11+,12-,13+/m0/s1. The van der Waals surface area contributed by atoms with Crippen molar-refractivity contribution >= 4 is 13.7 Å². The van der Waals surface area contributed by atoms with E-state index in [1.807, 2.05) is 13.8 Å². The Labute approximate surface area is 146 Å². The molecule has 0 spiro atoms. The van der Waals surface area contributed by atoms with Crippen molar-refractivity contribution in [2.75, 3.05) is 13.2 Å². The summed E-state index contributed by atoms with van der Waals surface area (Å²) in [5.74, 6) is -1.53. The number of hydrogen-bond donors (Lipinski definition) is 5. The van der Waals surface area contributed by atoms with Crippen LogP contribution in [0.5, 0.6) is 0 Å². The Morgan fingerprint density at radius 2 is 1.56 bits per heavy atom. The van der Waals surface area contributed by atoms with E-state index in [-0.39, 0.29) is 13.2 Å². The number of unbranched alkanes of at least 4 members (excludes halogenated alkanes) is 2. The van der Waals surface area contributed by atoms with Crippen molar-refractivity contribution in [3.8, 4) is 0 Å². The van der Waals surface area contributed by atoms with Crippen molar-refractivity contribution in [1.29, 1.82) is 0 Å². The van der Waals surface area contributed by atoms with Crippen LogP contribution in [0.15, 0.2) is 0 Å². The van der Waals surface area contributed by atoms with E-state index >= 15 is 0 Å². The van der Waals surface area contributed by atoms with Crippen LogP contribution in [0.4, 0.5) is 0 Å². The van der Waals surface area contributed by atoms with Gasteiger partial charge >= 0.3 is 13.7 Å². The minimum atomic E-state index is -3.91. The topological polar surface area (TPSA) is 155 Å². The van der Waals surface area contributed by atoms with Crippen molar-refractivity contribution in [2.45, 2.75) is 70.2 Å². The van der Waals surface area contributed by atoms with E-state index < -0.39 is 44.4 Å². The molecule has 1 aliphatic rings. The van der Waals surface area contributed by atoms with Gasteiger partial charge in [-0.25, -0.2) is 9.36 Å². The van der Waals surface area contributed by atoms with Crippen molar-refractivity contribution in [3.05, 3.63) is 0 Å². The van der Waals surface area contributed by atoms with Gasteiger partial charge < -0.3 is 25.2 Å². The molecule has 5 atom stereocenters. The number of ether oxygens (including phenoxy) is 1. The maximum atomic E-state index is 12.8. The minimum Gasteiger partial charge on any atom is -0.479 e. The van der Waals surface area contributed by atoms with E-state index in [2.05, 4.69) is 5.09 Å². The zero-order valence-corrected chi connectivity index (χ0v) is 15.3. The summed E-state index contributed by atoms with van der Waals surface area (Å²) in [6, 6.07) is 0. The molecule has 1 saturated heterocycles. The molecule has 0 amide bonds. The van der Waals surface area contributed by atoms with Crippen LogP contribution in [0, 0.1) is 0 Å². The number of carbonyl (C=O) groups is 1. The highest BCUT2D eigenvalue weighted by Gasteiger charge is 2.49. The van der Waals surface area contributed by atoms with Crippen molar-refractivity contribution in [1.82, 2.24) is 5.09 Å². The Morgan fingerprint density at radius 3 is 2.00 bits per heavy atom. The molecule has 1 rings (SSSR count). The van der Waals surface area contributed by atoms with Gasteiger partial charge in [0.15, 0.2) is 6.10 Å². The molecular formula is C14H28NO9P. The number of nitrogens with one attached hydrogen (secondary N) is 1. The van der Waals surface area contributed by atoms with Crippen LogP contribution in [-0.4, -0.2) is 70.3 Å². The summed E-state index contributed by atoms with van der Waals surface area (Å²) >= 11 is 0. The van der Waals surface area contributed by atoms with E-state index in [4.69, 9.17) is 18.9 Å². The lowest BCUT2D eigenvalue weighted by Crippen LogP contribution is -2.62. The lowest BCUT2D eigenvalue weighted by Gasteiger charge is -2.39. The number of carboxylic acids is 1. The molecule has 10 nitrogen and oxygen atoms in total. The second-order valence-electron chi connectivity index (χ2n) is 5.79. The van der Waals surface area contributed by atoms with Gasteiger partial charge in [0.25, 0.3) is 0 Å². The molecule has 0 unspecified atom stereocenters. The number of hydrogen-bond acceptors (Lipinski definition) is 8. The van der Waals surface area contributed by atoms with Gasteiger partial charge in [0.2, 0.25) is 0 Å². The average Bonchev–Trinajstić information content (AvgIpc) is 2.55. The normalized spacial score (nSPS) is 30.4. The highest BCUT2D eigenvalue weighted by Crippen LogP contribution is 2.45. The first-order valence-electron chi connectivity index (χ1n) is 8.35. The van der Waals surface area contributed by atoms with Crippen molar-refractivity contribution < 1.29 is 43.6 Å². The molecule has 0 radical (unpaired) electrons. The first kappa shape index (κ1) is 22.5. The molecule has 0 aliphatic carbocycles. The molecule has 1 heterocycles. The molecule has 0 bridgehead atoms. The fourth-order valence-electron chi connectivity index (χ4n) is 2.12. The Hall–Kier alpha value is -0.580. The highest BCUT2D eigenvalue weighted by atomic mass is 31.2. The fraction of sp³-hybridized carbons (Fsp3) is 0.929. The zero-order valence-electron chi connectivity index (χ0n) is 14.4. The lowest BCUT2D eigenvalue weighted by atomic mass is 9.98. The molecule has 11 heteroatoms. The maximum Gasteiger partial charge on any atom is 0.407 e. The van der Waals surface area contributed by atoms with Gasteiger partial charge in [0.05, 0.1) is 13.2 Å². The van der Waals surface area contributed by atoms with Gasteiger partial charge in [-0.1, -0.05) is 26.7 Å². The maximum absolute atomic E-state index is 12.8. The molecule has 25 heavy (non-hydrogen) atoms. The van der Waals surface area contributed by atoms with E-state index in [0.29, 0.717) is 12.8 Å². The summed E-state index contributed by atoms with van der Waals surface area (Å²) < 4.78 is 28.4. The molecule has 0 aromatic rings. The van der Waals surface area contributed by atoms with E-state index in [1.54, 1.807) is 0 Å². The smallest absolute Gasteiger partial charge is 0.407 e. The monoisotopic (exact) mass is 385 g/mol. The quantitative estimate of drug-likeness (QED) is 0.246. The lowest BCUT2D eigenvalue weighted by molar-refractivity contribution is -0.230. The number of aliphatic carboxylic acids is 1. The van der Waals surface area contributed by atoms with Crippen LogP contribution in [0.2, 0.25) is 0 Å². The molecule has 5 N–H and O–H groups in total. The second-order valence-corrected chi connectivity index (χ2v) is 7.56. The minimum absolute atomic E-state index is 0.128. The molecule has 1 aliphatic heterocycles. The summed E-state index contributed by atoms with van der Waals surface area (Å²) in [5, 5.41) is 40.8. The van der Waals surface area contributed by atoms with Crippen LogP contribution in [0.1, 0.15) is 39.5 Å². The van der Waals surface area contributed by atoms with Crippen LogP contribution < -0.4 is 5.09 Å². The van der Waals surface area contributed by atoms with E-state index in [1.165, 1.54) is 0 Å². The van der Waals surface area contributed by atoms with Gasteiger partial charge in [-0.05, 0) is 12.8 Å². The zero-order chi connectivity index (χ0) is 19.0.